The van der Waals surface area contributed by atoms with Crippen LogP contribution < -0.4 is 11.3 Å². The summed E-state index contributed by atoms with van der Waals surface area (Å²) in [7, 11) is 0. The summed E-state index contributed by atoms with van der Waals surface area (Å²) >= 11 is 1.36. The van der Waals surface area contributed by atoms with Crippen LogP contribution in [0.2, 0.25) is 0 Å². The number of phenols is 2. The van der Waals surface area contributed by atoms with Crippen LogP contribution in [-0.2, 0) is 0 Å². The average Bonchev–Trinajstić information content (AvgIpc) is 2.70. The van der Waals surface area contributed by atoms with Gasteiger partial charge in [0.05, 0.1) is 5.69 Å². The van der Waals surface area contributed by atoms with Crippen molar-refractivity contribution >= 4 is 28.9 Å². The normalized spacial score (nSPS) is 9.56. The number of hydrogen-bond acceptors (Lipinski definition) is 6. The molecule has 86 valence electrons. The van der Waals surface area contributed by atoms with Crippen LogP contribution >= 0.6 is 23.7 Å². The fraction of sp³-hybridized carbons (Fsp3) is 0. The second kappa shape index (κ2) is 5.02. The number of benzene rings is 1. The summed E-state index contributed by atoms with van der Waals surface area (Å²) in [6, 6.07) is 4.54. The highest BCUT2D eigenvalue weighted by Crippen LogP contribution is 2.31. The molecule has 0 saturated heterocycles. The molecule has 2 aromatic rings. The van der Waals surface area contributed by atoms with Gasteiger partial charge in [-0.05, 0) is 18.2 Å². The van der Waals surface area contributed by atoms with Gasteiger partial charge in [-0.3, -0.25) is 5.43 Å². The van der Waals surface area contributed by atoms with Crippen molar-refractivity contribution in [1.82, 2.24) is 4.98 Å². The van der Waals surface area contributed by atoms with Gasteiger partial charge in [0.25, 0.3) is 0 Å². The summed E-state index contributed by atoms with van der Waals surface area (Å²) in [5.74, 6) is 4.89. The molecule has 0 radical (unpaired) electrons. The largest absolute Gasteiger partial charge is 0.504 e. The van der Waals surface area contributed by atoms with Crippen molar-refractivity contribution in [2.75, 3.05) is 5.43 Å². The van der Waals surface area contributed by atoms with Gasteiger partial charge in [0.15, 0.2) is 16.6 Å². The second-order valence-corrected chi connectivity index (χ2v) is 3.74. The third kappa shape index (κ3) is 2.35. The molecule has 0 spiro atoms. The van der Waals surface area contributed by atoms with E-state index in [1.807, 2.05) is 0 Å². The Balaban J connectivity index is 0.00000128. The third-order valence-electron chi connectivity index (χ3n) is 1.90. The van der Waals surface area contributed by atoms with Gasteiger partial charge in [0, 0.05) is 10.9 Å². The third-order valence-corrected chi connectivity index (χ3v) is 2.67. The lowest BCUT2D eigenvalue weighted by Crippen LogP contribution is -2.05. The highest BCUT2D eigenvalue weighted by molar-refractivity contribution is 7.14. The molecular formula is C9H10ClN3O2S. The molecule has 0 bridgehead atoms. The van der Waals surface area contributed by atoms with Crippen LogP contribution in [0.5, 0.6) is 11.5 Å². The summed E-state index contributed by atoms with van der Waals surface area (Å²) in [5, 5.41) is 20.9. The average molecular weight is 260 g/mol. The molecule has 0 aliphatic heterocycles. The van der Waals surface area contributed by atoms with Gasteiger partial charge in [-0.15, -0.1) is 23.7 Å². The van der Waals surface area contributed by atoms with Crippen LogP contribution in [0.4, 0.5) is 5.13 Å². The van der Waals surface area contributed by atoms with Crippen LogP contribution in [0.3, 0.4) is 0 Å². The Morgan fingerprint density at radius 3 is 2.56 bits per heavy atom. The monoisotopic (exact) mass is 259 g/mol. The Kier molecular flexibility index (Phi) is 3.94. The summed E-state index contributed by atoms with van der Waals surface area (Å²) < 4.78 is 0. The number of thiazole rings is 1. The summed E-state index contributed by atoms with van der Waals surface area (Å²) in [6.07, 6.45) is 0. The van der Waals surface area contributed by atoms with Gasteiger partial charge in [0.2, 0.25) is 0 Å². The fourth-order valence-corrected chi connectivity index (χ4v) is 1.79. The zero-order valence-corrected chi connectivity index (χ0v) is 9.68. The highest BCUT2D eigenvalue weighted by atomic mass is 35.5. The minimum Gasteiger partial charge on any atom is -0.504 e. The molecular weight excluding hydrogens is 250 g/mol. The Morgan fingerprint density at radius 1 is 1.25 bits per heavy atom. The first-order valence-electron chi connectivity index (χ1n) is 4.15. The number of halogens is 1. The Hall–Kier alpha value is -1.50. The predicted molar refractivity (Wildman–Crippen MR) is 65.9 cm³/mol. The van der Waals surface area contributed by atoms with Gasteiger partial charge in [-0.2, -0.15) is 0 Å². The van der Waals surface area contributed by atoms with Crippen molar-refractivity contribution < 1.29 is 10.2 Å². The van der Waals surface area contributed by atoms with Gasteiger partial charge in [-0.25, -0.2) is 10.8 Å². The minimum absolute atomic E-state index is 0. The van der Waals surface area contributed by atoms with E-state index >= 15 is 0 Å². The topological polar surface area (TPSA) is 91.4 Å². The summed E-state index contributed by atoms with van der Waals surface area (Å²) in [5.41, 5.74) is 3.86. The Labute approximate surface area is 102 Å². The molecule has 0 saturated carbocycles. The number of aromatic hydroxyl groups is 2. The van der Waals surface area contributed by atoms with E-state index in [0.717, 1.165) is 5.56 Å². The van der Waals surface area contributed by atoms with E-state index in [-0.39, 0.29) is 23.9 Å². The van der Waals surface area contributed by atoms with E-state index < -0.39 is 0 Å². The number of nitrogens with two attached hydrogens (primary N) is 1. The smallest absolute Gasteiger partial charge is 0.197 e. The van der Waals surface area contributed by atoms with E-state index in [9.17, 15) is 5.11 Å². The number of nitrogens with zero attached hydrogens (tertiary/aromatic N) is 1. The molecule has 7 heteroatoms. The maximum atomic E-state index is 9.31. The van der Waals surface area contributed by atoms with Crippen molar-refractivity contribution in [2.24, 2.45) is 5.84 Å². The van der Waals surface area contributed by atoms with Gasteiger partial charge in [0.1, 0.15) is 0 Å². The molecule has 5 N–H and O–H groups in total. The lowest BCUT2D eigenvalue weighted by atomic mass is 10.1. The molecule has 0 amide bonds. The number of anilines is 1. The number of phenolic OH excluding ortho intramolecular Hbond substituents is 2. The number of nitrogens with one attached hydrogen (secondary N) is 1. The van der Waals surface area contributed by atoms with E-state index in [4.69, 9.17) is 10.9 Å². The number of rotatable bonds is 2. The van der Waals surface area contributed by atoms with Gasteiger partial charge < -0.3 is 10.2 Å². The Morgan fingerprint density at radius 2 is 2.00 bits per heavy atom. The molecule has 16 heavy (non-hydrogen) atoms. The van der Waals surface area contributed by atoms with Gasteiger partial charge in [-0.1, -0.05) is 0 Å². The van der Waals surface area contributed by atoms with Crippen LogP contribution in [0.15, 0.2) is 23.6 Å². The maximum Gasteiger partial charge on any atom is 0.197 e. The van der Waals surface area contributed by atoms with Crippen LogP contribution in [0, 0.1) is 0 Å². The second-order valence-electron chi connectivity index (χ2n) is 2.89. The molecule has 0 aliphatic carbocycles. The summed E-state index contributed by atoms with van der Waals surface area (Å²) in [4.78, 5) is 4.16. The summed E-state index contributed by atoms with van der Waals surface area (Å²) in [6.45, 7) is 0. The van der Waals surface area contributed by atoms with Crippen LogP contribution in [0.25, 0.3) is 11.3 Å². The quantitative estimate of drug-likeness (QED) is 0.376. The van der Waals surface area contributed by atoms with Crippen molar-refractivity contribution in [1.29, 1.82) is 0 Å². The molecule has 0 unspecified atom stereocenters. The minimum atomic E-state index is -0.164. The molecule has 0 fully saturated rings. The van der Waals surface area contributed by atoms with E-state index in [2.05, 4.69) is 10.4 Å². The number of nitrogen functional groups attached to an aromatic ring is 1. The molecule has 0 atom stereocenters. The zero-order chi connectivity index (χ0) is 10.8. The first-order chi connectivity index (χ1) is 7.20. The standard InChI is InChI=1S/C9H9N3O2S.ClH/c10-12-9-11-6(4-15-9)5-1-2-7(13)8(14)3-5;/h1-4,13-14H,10H2,(H,11,12);1H. The molecule has 2 rings (SSSR count). The van der Waals surface area contributed by atoms with Crippen molar-refractivity contribution in [3.8, 4) is 22.8 Å². The van der Waals surface area contributed by atoms with E-state index in [1.165, 1.54) is 23.5 Å². The van der Waals surface area contributed by atoms with E-state index in [1.54, 1.807) is 11.4 Å². The predicted octanol–water partition coefficient (Wildman–Crippen LogP) is 1.93. The first-order valence-corrected chi connectivity index (χ1v) is 5.03. The SMILES string of the molecule is Cl.NNc1nc(-c2ccc(O)c(O)c2)cs1. The number of hydrazine groups is 1. The van der Waals surface area contributed by atoms with Crippen LogP contribution in [-0.4, -0.2) is 15.2 Å². The van der Waals surface area contributed by atoms with E-state index in [0.29, 0.717) is 10.8 Å². The molecule has 0 aliphatic rings. The zero-order valence-electron chi connectivity index (χ0n) is 8.04. The molecule has 1 aromatic carbocycles. The van der Waals surface area contributed by atoms with Crippen LogP contribution in [0.1, 0.15) is 0 Å². The molecule has 1 heterocycles. The lowest BCUT2D eigenvalue weighted by Gasteiger charge is -2.00. The Bertz CT molecular complexity index is 489. The molecule has 5 nitrogen and oxygen atoms in total. The fourth-order valence-electron chi connectivity index (χ4n) is 1.16. The lowest BCUT2D eigenvalue weighted by molar-refractivity contribution is 0.404. The first kappa shape index (κ1) is 12.6. The number of aromatic nitrogens is 1. The van der Waals surface area contributed by atoms with Crippen molar-refractivity contribution in [2.45, 2.75) is 0 Å². The molecule has 1 aromatic heterocycles. The maximum absolute atomic E-state index is 9.31. The highest BCUT2D eigenvalue weighted by Gasteiger charge is 2.06. The van der Waals surface area contributed by atoms with Crippen molar-refractivity contribution in [3.63, 3.8) is 0 Å². The van der Waals surface area contributed by atoms with Gasteiger partial charge >= 0.3 is 0 Å². The van der Waals surface area contributed by atoms with Crippen molar-refractivity contribution in [3.05, 3.63) is 23.6 Å². The number of hydrogen-bond donors (Lipinski definition) is 4.